The molecular weight excluding hydrogens is 176 g/mol. The van der Waals surface area contributed by atoms with Gasteiger partial charge >= 0.3 is 0 Å². The van der Waals surface area contributed by atoms with Gasteiger partial charge in [0.2, 0.25) is 0 Å². The number of anilines is 2. The van der Waals surface area contributed by atoms with E-state index in [0.29, 0.717) is 18.1 Å². The molecule has 1 aromatic heterocycles. The first-order valence-corrected chi connectivity index (χ1v) is 4.38. The van der Waals surface area contributed by atoms with Crippen LogP contribution in [0, 0.1) is 0 Å². The van der Waals surface area contributed by atoms with Gasteiger partial charge in [-0.05, 0) is 5.56 Å². The summed E-state index contributed by atoms with van der Waals surface area (Å²) < 4.78 is 1.69. The van der Waals surface area contributed by atoms with E-state index in [1.165, 1.54) is 0 Å². The third-order valence-corrected chi connectivity index (χ3v) is 2.09. The average Bonchev–Trinajstić information content (AvgIpc) is 2.52. The smallest absolute Gasteiger partial charge is 0.145 e. The zero-order valence-corrected chi connectivity index (χ0v) is 7.72. The Balaban J connectivity index is 2.23. The number of hydrogen-bond donors (Lipinski definition) is 2. The summed E-state index contributed by atoms with van der Waals surface area (Å²) in [7, 11) is 0. The predicted molar refractivity (Wildman–Crippen MR) is 56.6 cm³/mol. The highest BCUT2D eigenvalue weighted by Gasteiger charge is 2.03. The highest BCUT2D eigenvalue weighted by atomic mass is 15.3. The Labute approximate surface area is 82.1 Å². The van der Waals surface area contributed by atoms with E-state index >= 15 is 0 Å². The van der Waals surface area contributed by atoms with E-state index < -0.39 is 0 Å². The molecule has 0 radical (unpaired) electrons. The van der Waals surface area contributed by atoms with Gasteiger partial charge in [-0.25, -0.2) is 4.68 Å². The van der Waals surface area contributed by atoms with Crippen molar-refractivity contribution in [1.82, 2.24) is 9.78 Å². The summed E-state index contributed by atoms with van der Waals surface area (Å²) in [5.74, 6) is 0.522. The van der Waals surface area contributed by atoms with Crippen molar-refractivity contribution in [1.29, 1.82) is 0 Å². The van der Waals surface area contributed by atoms with Gasteiger partial charge in [0.1, 0.15) is 5.82 Å². The van der Waals surface area contributed by atoms with Gasteiger partial charge in [-0.1, -0.05) is 30.3 Å². The van der Waals surface area contributed by atoms with Crippen molar-refractivity contribution in [2.24, 2.45) is 0 Å². The number of hydrogen-bond acceptors (Lipinski definition) is 3. The lowest BCUT2D eigenvalue weighted by atomic mass is 10.2. The molecule has 0 saturated carbocycles. The Hall–Kier alpha value is -1.97. The quantitative estimate of drug-likeness (QED) is 0.741. The molecule has 4 nitrogen and oxygen atoms in total. The van der Waals surface area contributed by atoms with Gasteiger partial charge in [0.25, 0.3) is 0 Å². The van der Waals surface area contributed by atoms with Crippen molar-refractivity contribution in [3.05, 3.63) is 42.1 Å². The van der Waals surface area contributed by atoms with E-state index in [1.54, 1.807) is 10.9 Å². The molecule has 2 rings (SSSR count). The fraction of sp³-hybridized carbons (Fsp3) is 0.100. The lowest BCUT2D eigenvalue weighted by Gasteiger charge is -2.03. The molecule has 72 valence electrons. The molecule has 0 bridgehead atoms. The molecule has 0 aliphatic rings. The molecule has 14 heavy (non-hydrogen) atoms. The SMILES string of the molecule is Nc1cnn(Cc2ccccc2)c1N. The molecule has 2 aromatic rings. The minimum absolute atomic E-state index is 0.522. The van der Waals surface area contributed by atoms with Gasteiger partial charge in [0.15, 0.2) is 0 Å². The van der Waals surface area contributed by atoms with E-state index in [9.17, 15) is 0 Å². The summed E-state index contributed by atoms with van der Waals surface area (Å²) in [5, 5.41) is 4.08. The fourth-order valence-electron chi connectivity index (χ4n) is 1.29. The molecule has 1 heterocycles. The Kier molecular flexibility index (Phi) is 2.10. The van der Waals surface area contributed by atoms with Crippen molar-refractivity contribution in [2.75, 3.05) is 11.5 Å². The minimum Gasteiger partial charge on any atom is -0.394 e. The summed E-state index contributed by atoms with van der Waals surface area (Å²) in [4.78, 5) is 0. The first kappa shape index (κ1) is 8.62. The highest BCUT2D eigenvalue weighted by molar-refractivity contribution is 5.57. The first-order valence-electron chi connectivity index (χ1n) is 4.38. The molecule has 1 aromatic carbocycles. The van der Waals surface area contributed by atoms with Crippen LogP contribution < -0.4 is 11.5 Å². The van der Waals surface area contributed by atoms with Crippen LogP contribution in [-0.4, -0.2) is 9.78 Å². The summed E-state index contributed by atoms with van der Waals surface area (Å²) in [6, 6.07) is 10.00. The van der Waals surface area contributed by atoms with Crippen LogP contribution in [0.2, 0.25) is 0 Å². The maximum atomic E-state index is 5.73. The summed E-state index contributed by atoms with van der Waals surface area (Å²) in [6.07, 6.45) is 1.57. The highest BCUT2D eigenvalue weighted by Crippen LogP contribution is 2.14. The van der Waals surface area contributed by atoms with Crippen molar-refractivity contribution in [3.63, 3.8) is 0 Å². The van der Waals surface area contributed by atoms with E-state index in [1.807, 2.05) is 30.3 Å². The molecule has 4 N–H and O–H groups in total. The molecule has 0 fully saturated rings. The maximum absolute atomic E-state index is 5.73. The monoisotopic (exact) mass is 188 g/mol. The van der Waals surface area contributed by atoms with Crippen LogP contribution in [0.5, 0.6) is 0 Å². The summed E-state index contributed by atoms with van der Waals surface area (Å²) in [5.41, 5.74) is 13.0. The topological polar surface area (TPSA) is 69.9 Å². The van der Waals surface area contributed by atoms with Crippen LogP contribution in [0.1, 0.15) is 5.56 Å². The van der Waals surface area contributed by atoms with Crippen molar-refractivity contribution < 1.29 is 0 Å². The molecule has 4 heteroatoms. The van der Waals surface area contributed by atoms with Crippen LogP contribution in [0.4, 0.5) is 11.5 Å². The van der Waals surface area contributed by atoms with Crippen LogP contribution in [-0.2, 0) is 6.54 Å². The van der Waals surface area contributed by atoms with Gasteiger partial charge in [0, 0.05) is 0 Å². The van der Waals surface area contributed by atoms with Crippen LogP contribution in [0.3, 0.4) is 0 Å². The normalized spacial score (nSPS) is 10.3. The zero-order valence-electron chi connectivity index (χ0n) is 7.72. The van der Waals surface area contributed by atoms with Gasteiger partial charge in [-0.2, -0.15) is 5.10 Å². The molecule has 0 aliphatic carbocycles. The molecule has 0 saturated heterocycles. The Morgan fingerprint density at radius 1 is 1.14 bits per heavy atom. The second-order valence-corrected chi connectivity index (χ2v) is 3.13. The van der Waals surface area contributed by atoms with E-state index in [0.717, 1.165) is 5.56 Å². The molecule has 0 spiro atoms. The van der Waals surface area contributed by atoms with E-state index in [-0.39, 0.29) is 0 Å². The van der Waals surface area contributed by atoms with Crippen LogP contribution in [0.25, 0.3) is 0 Å². The van der Waals surface area contributed by atoms with Gasteiger partial charge in [0.05, 0.1) is 18.4 Å². The molecule has 0 amide bonds. The molecule has 0 atom stereocenters. The van der Waals surface area contributed by atoms with Crippen molar-refractivity contribution >= 4 is 11.5 Å². The van der Waals surface area contributed by atoms with Crippen LogP contribution in [0.15, 0.2) is 36.5 Å². The number of rotatable bonds is 2. The van der Waals surface area contributed by atoms with Gasteiger partial charge in [-0.3, -0.25) is 0 Å². The average molecular weight is 188 g/mol. The van der Waals surface area contributed by atoms with Crippen molar-refractivity contribution in [2.45, 2.75) is 6.54 Å². The second-order valence-electron chi connectivity index (χ2n) is 3.13. The zero-order chi connectivity index (χ0) is 9.97. The lowest BCUT2D eigenvalue weighted by molar-refractivity contribution is 0.697. The largest absolute Gasteiger partial charge is 0.394 e. The predicted octanol–water partition coefficient (Wildman–Crippen LogP) is 1.10. The van der Waals surface area contributed by atoms with E-state index in [4.69, 9.17) is 11.5 Å². The Morgan fingerprint density at radius 3 is 2.43 bits per heavy atom. The number of benzene rings is 1. The maximum Gasteiger partial charge on any atom is 0.145 e. The third-order valence-electron chi connectivity index (χ3n) is 2.09. The third kappa shape index (κ3) is 1.54. The standard InChI is InChI=1S/C10H12N4/c11-9-6-13-14(10(9)12)7-8-4-2-1-3-5-8/h1-6H,7,11-12H2. The summed E-state index contributed by atoms with van der Waals surface area (Å²) in [6.45, 7) is 0.657. The lowest BCUT2D eigenvalue weighted by Crippen LogP contribution is -2.06. The number of nitrogens with two attached hydrogens (primary N) is 2. The second kappa shape index (κ2) is 3.41. The molecule has 0 unspecified atom stereocenters. The summed E-state index contributed by atoms with van der Waals surface area (Å²) >= 11 is 0. The minimum atomic E-state index is 0.522. The molecule has 0 aliphatic heterocycles. The molecular formula is C10H12N4. The van der Waals surface area contributed by atoms with E-state index in [2.05, 4.69) is 5.10 Å². The number of nitrogen functional groups attached to an aromatic ring is 2. The first-order chi connectivity index (χ1) is 6.77. The van der Waals surface area contributed by atoms with Gasteiger partial charge in [-0.15, -0.1) is 0 Å². The van der Waals surface area contributed by atoms with Crippen molar-refractivity contribution in [3.8, 4) is 0 Å². The number of nitrogens with zero attached hydrogens (tertiary/aromatic N) is 2. The van der Waals surface area contributed by atoms with Crippen LogP contribution >= 0.6 is 0 Å². The Bertz CT molecular complexity index is 419. The Morgan fingerprint density at radius 2 is 1.86 bits per heavy atom. The van der Waals surface area contributed by atoms with Gasteiger partial charge < -0.3 is 11.5 Å². The number of aromatic nitrogens is 2. The fourth-order valence-corrected chi connectivity index (χ4v) is 1.29.